The number of hydrogen-bond donors (Lipinski definition) is 1. The van der Waals surface area contributed by atoms with Gasteiger partial charge in [-0.3, -0.25) is 9.10 Å². The number of carbonyl (C=O) groups excluding carboxylic acids is 1. The second-order valence-electron chi connectivity index (χ2n) is 10.3. The molecule has 1 heterocycles. The summed E-state index contributed by atoms with van der Waals surface area (Å²) in [6, 6.07) is 19.8. The molecular formula is C29H34N2O5S. The van der Waals surface area contributed by atoms with Crippen LogP contribution in [0.3, 0.4) is 0 Å². The molecule has 0 aliphatic carbocycles. The van der Waals surface area contributed by atoms with Crippen molar-refractivity contribution in [2.24, 2.45) is 0 Å². The summed E-state index contributed by atoms with van der Waals surface area (Å²) in [4.78, 5) is 13.2. The van der Waals surface area contributed by atoms with E-state index >= 15 is 0 Å². The number of sulfonamides is 1. The summed E-state index contributed by atoms with van der Waals surface area (Å²) in [5.74, 6) is 0.677. The number of hydrogen-bond acceptors (Lipinski definition) is 5. The number of benzene rings is 3. The van der Waals surface area contributed by atoms with Gasteiger partial charge in [0.1, 0.15) is 18.1 Å². The molecule has 1 aliphatic rings. The van der Waals surface area contributed by atoms with Crippen molar-refractivity contribution in [2.75, 3.05) is 24.0 Å². The predicted octanol–water partition coefficient (Wildman–Crippen LogP) is 4.75. The van der Waals surface area contributed by atoms with Crippen molar-refractivity contribution >= 4 is 21.6 Å². The monoisotopic (exact) mass is 522 g/mol. The number of nitrogens with zero attached hydrogens (tertiary/aromatic N) is 1. The molecule has 196 valence electrons. The molecule has 0 spiro atoms. The van der Waals surface area contributed by atoms with Gasteiger partial charge in [-0.2, -0.15) is 0 Å². The minimum Gasteiger partial charge on any atom is -0.492 e. The van der Waals surface area contributed by atoms with Crippen LogP contribution in [0.15, 0.2) is 71.6 Å². The molecule has 1 aliphatic heterocycles. The van der Waals surface area contributed by atoms with Crippen LogP contribution in [0.2, 0.25) is 0 Å². The van der Waals surface area contributed by atoms with Crippen molar-refractivity contribution in [3.63, 3.8) is 0 Å². The summed E-state index contributed by atoms with van der Waals surface area (Å²) in [5, 5.41) is 2.81. The molecule has 8 heteroatoms. The second-order valence-corrected chi connectivity index (χ2v) is 12.2. The van der Waals surface area contributed by atoms with Gasteiger partial charge in [0.15, 0.2) is 6.10 Å². The predicted molar refractivity (Wildman–Crippen MR) is 145 cm³/mol. The maximum atomic E-state index is 13.5. The highest BCUT2D eigenvalue weighted by molar-refractivity contribution is 7.92. The van der Waals surface area contributed by atoms with Gasteiger partial charge in [-0.15, -0.1) is 0 Å². The second kappa shape index (κ2) is 10.5. The maximum Gasteiger partial charge on any atom is 0.264 e. The molecule has 0 radical (unpaired) electrons. The van der Waals surface area contributed by atoms with Crippen molar-refractivity contribution in [1.82, 2.24) is 5.32 Å². The highest BCUT2D eigenvalue weighted by Gasteiger charge is 2.37. The van der Waals surface area contributed by atoms with Crippen LogP contribution in [0.25, 0.3) is 0 Å². The van der Waals surface area contributed by atoms with Gasteiger partial charge in [0, 0.05) is 0 Å². The van der Waals surface area contributed by atoms with E-state index in [0.29, 0.717) is 11.4 Å². The van der Waals surface area contributed by atoms with Crippen LogP contribution in [0.4, 0.5) is 5.69 Å². The number of rotatable bonds is 7. The quantitative estimate of drug-likeness (QED) is 0.453. The van der Waals surface area contributed by atoms with Crippen LogP contribution in [-0.2, 0) is 20.2 Å². The van der Waals surface area contributed by atoms with Crippen molar-refractivity contribution < 1.29 is 22.7 Å². The Morgan fingerprint density at radius 3 is 2.30 bits per heavy atom. The topological polar surface area (TPSA) is 84.9 Å². The minimum absolute atomic E-state index is 0.0600. The third kappa shape index (κ3) is 6.07. The van der Waals surface area contributed by atoms with E-state index in [1.54, 1.807) is 36.4 Å². The Kier molecular flexibility index (Phi) is 7.50. The lowest BCUT2D eigenvalue weighted by molar-refractivity contribution is -0.127. The first-order valence-corrected chi connectivity index (χ1v) is 13.8. The van der Waals surface area contributed by atoms with Crippen LogP contribution in [0.1, 0.15) is 37.5 Å². The molecular weight excluding hydrogens is 488 g/mol. The molecule has 1 amide bonds. The molecule has 1 N–H and O–H groups in total. The molecule has 37 heavy (non-hydrogen) atoms. The van der Waals surface area contributed by atoms with Gasteiger partial charge >= 0.3 is 0 Å². The third-order valence-electron chi connectivity index (χ3n) is 6.28. The normalized spacial score (nSPS) is 15.5. The number of anilines is 1. The molecule has 0 saturated carbocycles. The number of amides is 1. The fraction of sp³-hybridized carbons (Fsp3) is 0.345. The average molecular weight is 523 g/mol. The fourth-order valence-corrected chi connectivity index (χ4v) is 5.55. The summed E-state index contributed by atoms with van der Waals surface area (Å²) in [6.07, 6.45) is -0.999. The number of ether oxygens (including phenoxy) is 2. The molecule has 3 aromatic carbocycles. The van der Waals surface area contributed by atoms with E-state index in [9.17, 15) is 13.2 Å². The van der Waals surface area contributed by atoms with E-state index in [1.807, 2.05) is 44.2 Å². The number of aryl methyl sites for hydroxylation is 2. The molecule has 3 aromatic rings. The smallest absolute Gasteiger partial charge is 0.264 e. The van der Waals surface area contributed by atoms with Gasteiger partial charge in [0.2, 0.25) is 0 Å². The van der Waals surface area contributed by atoms with Crippen LogP contribution < -0.4 is 19.1 Å². The molecule has 0 aromatic heterocycles. The molecule has 4 rings (SSSR count). The van der Waals surface area contributed by atoms with Crippen LogP contribution in [0, 0.1) is 13.8 Å². The molecule has 0 saturated heterocycles. The van der Waals surface area contributed by atoms with Gasteiger partial charge < -0.3 is 14.8 Å². The lowest BCUT2D eigenvalue weighted by atomic mass is 9.87. The van der Waals surface area contributed by atoms with Gasteiger partial charge in [-0.1, -0.05) is 56.7 Å². The van der Waals surface area contributed by atoms with Gasteiger partial charge in [-0.25, -0.2) is 8.42 Å². The summed E-state index contributed by atoms with van der Waals surface area (Å²) in [5.41, 5.74) is 3.55. The van der Waals surface area contributed by atoms with Gasteiger partial charge in [0.25, 0.3) is 15.9 Å². The Morgan fingerprint density at radius 2 is 1.65 bits per heavy atom. The van der Waals surface area contributed by atoms with Crippen molar-refractivity contribution in [2.45, 2.75) is 51.0 Å². The standard InChI is InChI=1S/C29H34N2O5S/c1-20-6-13-24(14-7-20)37(33,34)31-19-27(36-26-18-21(2)8-15-25(26)31)28(32)30-16-17-35-23-11-9-22(10-12-23)29(3,4)5/h6-15,18,27H,16-17,19H2,1-5H3,(H,30,32)/t27-/m0/s1. The maximum absolute atomic E-state index is 13.5. The SMILES string of the molecule is Cc1ccc(S(=O)(=O)N2C[C@@H](C(=O)NCCOc3ccc(C(C)(C)C)cc3)Oc3cc(C)ccc32)cc1. The average Bonchev–Trinajstić information content (AvgIpc) is 2.85. The fourth-order valence-electron chi connectivity index (χ4n) is 4.07. The molecule has 0 unspecified atom stereocenters. The Hall–Kier alpha value is -3.52. The van der Waals surface area contributed by atoms with Crippen LogP contribution >= 0.6 is 0 Å². The lowest BCUT2D eigenvalue weighted by Gasteiger charge is -2.35. The van der Waals surface area contributed by atoms with Crippen molar-refractivity contribution in [1.29, 1.82) is 0 Å². The van der Waals surface area contributed by atoms with E-state index in [4.69, 9.17) is 9.47 Å². The summed E-state index contributed by atoms with van der Waals surface area (Å²) in [7, 11) is -3.90. The zero-order valence-electron chi connectivity index (χ0n) is 21.9. The Labute approximate surface area is 219 Å². The third-order valence-corrected chi connectivity index (χ3v) is 8.07. The molecule has 7 nitrogen and oxygen atoms in total. The summed E-state index contributed by atoms with van der Waals surface area (Å²) >= 11 is 0. The Morgan fingerprint density at radius 1 is 1.00 bits per heavy atom. The first-order valence-electron chi connectivity index (χ1n) is 12.3. The number of fused-ring (bicyclic) bond motifs is 1. The molecule has 0 fully saturated rings. The molecule has 0 bridgehead atoms. The van der Waals surface area contributed by atoms with E-state index in [0.717, 1.165) is 16.9 Å². The first kappa shape index (κ1) is 26.5. The van der Waals surface area contributed by atoms with Crippen LogP contribution in [-0.4, -0.2) is 40.1 Å². The van der Waals surface area contributed by atoms with Crippen molar-refractivity contribution in [3.05, 3.63) is 83.4 Å². The highest BCUT2D eigenvalue weighted by Crippen LogP contribution is 2.37. The van der Waals surface area contributed by atoms with Crippen molar-refractivity contribution in [3.8, 4) is 11.5 Å². The van der Waals surface area contributed by atoms with Gasteiger partial charge in [0.05, 0.1) is 23.7 Å². The van der Waals surface area contributed by atoms with E-state index in [1.165, 1.54) is 9.87 Å². The van der Waals surface area contributed by atoms with Crippen LogP contribution in [0.5, 0.6) is 11.5 Å². The number of nitrogens with one attached hydrogen (secondary N) is 1. The lowest BCUT2D eigenvalue weighted by Crippen LogP contribution is -2.51. The van der Waals surface area contributed by atoms with Gasteiger partial charge in [-0.05, 0) is 66.8 Å². The summed E-state index contributed by atoms with van der Waals surface area (Å²) in [6.45, 7) is 10.6. The largest absolute Gasteiger partial charge is 0.492 e. The van der Waals surface area contributed by atoms with E-state index in [-0.39, 0.29) is 30.0 Å². The highest BCUT2D eigenvalue weighted by atomic mass is 32.2. The zero-order chi connectivity index (χ0) is 26.8. The Bertz CT molecular complexity index is 1360. The minimum atomic E-state index is -3.90. The number of carbonyl (C=O) groups is 1. The van der Waals surface area contributed by atoms with E-state index < -0.39 is 22.0 Å². The summed E-state index contributed by atoms with van der Waals surface area (Å²) < 4.78 is 40.1. The molecule has 1 atom stereocenters. The Balaban J connectivity index is 1.43. The first-order chi connectivity index (χ1) is 17.4. The zero-order valence-corrected chi connectivity index (χ0v) is 22.8. The van der Waals surface area contributed by atoms with E-state index in [2.05, 4.69) is 26.1 Å².